The second kappa shape index (κ2) is 5.81. The highest BCUT2D eigenvalue weighted by Crippen LogP contribution is 2.33. The van der Waals surface area contributed by atoms with Crippen LogP contribution in [0.3, 0.4) is 0 Å². The molecule has 1 rings (SSSR count). The SMILES string of the molecule is Cc1cc(OC(C)C#N)c(C(C)C)cc1S(=O)(=O)Cl. The summed E-state index contributed by atoms with van der Waals surface area (Å²) in [6.07, 6.45) is -0.602. The fraction of sp³-hybridized carbons (Fsp3) is 0.462. The minimum Gasteiger partial charge on any atom is -0.476 e. The van der Waals surface area contributed by atoms with Gasteiger partial charge in [0.05, 0.1) is 4.90 Å². The summed E-state index contributed by atoms with van der Waals surface area (Å²) in [7, 11) is 1.62. The Kier molecular flexibility index (Phi) is 4.83. The van der Waals surface area contributed by atoms with Gasteiger partial charge < -0.3 is 4.74 Å². The van der Waals surface area contributed by atoms with Gasteiger partial charge in [-0.05, 0) is 43.0 Å². The van der Waals surface area contributed by atoms with Gasteiger partial charge in [-0.15, -0.1) is 0 Å². The van der Waals surface area contributed by atoms with E-state index in [2.05, 4.69) is 0 Å². The van der Waals surface area contributed by atoms with Crippen molar-refractivity contribution in [2.24, 2.45) is 0 Å². The van der Waals surface area contributed by atoms with Gasteiger partial charge in [0, 0.05) is 10.7 Å². The van der Waals surface area contributed by atoms with E-state index in [4.69, 9.17) is 20.7 Å². The van der Waals surface area contributed by atoms with Crippen LogP contribution in [-0.4, -0.2) is 14.5 Å². The van der Waals surface area contributed by atoms with Gasteiger partial charge in [0.2, 0.25) is 0 Å². The zero-order chi connectivity index (χ0) is 14.8. The molecule has 0 heterocycles. The van der Waals surface area contributed by atoms with Crippen LogP contribution in [0.15, 0.2) is 17.0 Å². The fourth-order valence-electron chi connectivity index (χ4n) is 1.71. The van der Waals surface area contributed by atoms with Gasteiger partial charge in [-0.25, -0.2) is 8.42 Å². The summed E-state index contributed by atoms with van der Waals surface area (Å²) in [6.45, 7) is 7.10. The van der Waals surface area contributed by atoms with Gasteiger partial charge in [0.1, 0.15) is 11.8 Å². The molecule has 0 spiro atoms. The molecule has 104 valence electrons. The smallest absolute Gasteiger partial charge is 0.261 e. The molecule has 6 heteroatoms. The van der Waals surface area contributed by atoms with Crippen LogP contribution in [0.25, 0.3) is 0 Å². The summed E-state index contributed by atoms with van der Waals surface area (Å²) in [5.74, 6) is 0.573. The van der Waals surface area contributed by atoms with Crippen LogP contribution in [0.2, 0.25) is 0 Å². The molecular formula is C13H16ClNO3S. The van der Waals surface area contributed by atoms with Crippen LogP contribution in [0.5, 0.6) is 5.75 Å². The Morgan fingerprint density at radius 1 is 1.32 bits per heavy atom. The number of benzene rings is 1. The van der Waals surface area contributed by atoms with Crippen LogP contribution >= 0.6 is 10.7 Å². The van der Waals surface area contributed by atoms with Crippen molar-refractivity contribution in [1.29, 1.82) is 5.26 Å². The van der Waals surface area contributed by atoms with E-state index in [1.54, 1.807) is 19.9 Å². The number of ether oxygens (including phenoxy) is 1. The monoisotopic (exact) mass is 301 g/mol. The Morgan fingerprint density at radius 3 is 2.32 bits per heavy atom. The largest absolute Gasteiger partial charge is 0.476 e. The summed E-state index contributed by atoms with van der Waals surface area (Å²) in [4.78, 5) is 0.0785. The van der Waals surface area contributed by atoms with Crippen molar-refractivity contribution in [3.05, 3.63) is 23.3 Å². The first-order valence-electron chi connectivity index (χ1n) is 5.82. The van der Waals surface area contributed by atoms with Crippen LogP contribution in [-0.2, 0) is 9.05 Å². The molecule has 0 N–H and O–H groups in total. The van der Waals surface area contributed by atoms with Crippen LogP contribution < -0.4 is 4.74 Å². The van der Waals surface area contributed by atoms with Crippen molar-refractivity contribution in [3.63, 3.8) is 0 Å². The fourth-order valence-corrected chi connectivity index (χ4v) is 2.92. The topological polar surface area (TPSA) is 67.2 Å². The van der Waals surface area contributed by atoms with Crippen LogP contribution in [0, 0.1) is 18.3 Å². The van der Waals surface area contributed by atoms with E-state index in [1.807, 2.05) is 19.9 Å². The van der Waals surface area contributed by atoms with Crippen molar-refractivity contribution in [1.82, 2.24) is 0 Å². The summed E-state index contributed by atoms with van der Waals surface area (Å²) in [5.41, 5.74) is 1.21. The third-order valence-corrected chi connectivity index (χ3v) is 4.14. The van der Waals surface area contributed by atoms with Crippen molar-refractivity contribution < 1.29 is 13.2 Å². The maximum atomic E-state index is 11.5. The molecule has 1 unspecified atom stereocenters. The third kappa shape index (κ3) is 3.85. The van der Waals surface area contributed by atoms with E-state index < -0.39 is 15.2 Å². The summed E-state index contributed by atoms with van der Waals surface area (Å²) < 4.78 is 28.5. The third-order valence-electron chi connectivity index (χ3n) is 2.68. The summed E-state index contributed by atoms with van der Waals surface area (Å²) >= 11 is 0. The lowest BCUT2D eigenvalue weighted by Crippen LogP contribution is -2.11. The van der Waals surface area contributed by atoms with Gasteiger partial charge in [-0.2, -0.15) is 5.26 Å². The van der Waals surface area contributed by atoms with Gasteiger partial charge in [-0.1, -0.05) is 13.8 Å². The minimum absolute atomic E-state index is 0.0543. The maximum Gasteiger partial charge on any atom is 0.261 e. The van der Waals surface area contributed by atoms with Crippen LogP contribution in [0.4, 0.5) is 0 Å². The second-order valence-electron chi connectivity index (χ2n) is 4.64. The average molecular weight is 302 g/mol. The number of nitriles is 1. The van der Waals surface area contributed by atoms with Gasteiger partial charge in [-0.3, -0.25) is 0 Å². The molecule has 0 amide bonds. The molecular weight excluding hydrogens is 286 g/mol. The first-order valence-corrected chi connectivity index (χ1v) is 8.13. The highest BCUT2D eigenvalue weighted by molar-refractivity contribution is 8.13. The average Bonchev–Trinajstić information content (AvgIpc) is 2.26. The highest BCUT2D eigenvalue weighted by Gasteiger charge is 2.19. The molecule has 0 bridgehead atoms. The Balaban J connectivity index is 3.43. The lowest BCUT2D eigenvalue weighted by atomic mass is 10.0. The summed E-state index contributed by atoms with van der Waals surface area (Å²) in [5, 5.41) is 8.79. The van der Waals surface area contributed by atoms with Crippen molar-refractivity contribution in [2.75, 3.05) is 0 Å². The van der Waals surface area contributed by atoms with E-state index in [1.165, 1.54) is 6.07 Å². The number of halogens is 1. The molecule has 0 radical (unpaired) electrons. The normalized spacial score (nSPS) is 13.1. The van der Waals surface area contributed by atoms with Crippen LogP contribution in [0.1, 0.15) is 37.8 Å². The second-order valence-corrected chi connectivity index (χ2v) is 7.17. The molecule has 0 saturated carbocycles. The molecule has 0 aliphatic rings. The molecule has 0 saturated heterocycles. The highest BCUT2D eigenvalue weighted by atomic mass is 35.7. The molecule has 0 aliphatic carbocycles. The summed E-state index contributed by atoms with van der Waals surface area (Å²) in [6, 6.07) is 5.10. The van der Waals surface area contributed by atoms with Crippen molar-refractivity contribution in [2.45, 2.75) is 44.6 Å². The molecule has 4 nitrogen and oxygen atoms in total. The van der Waals surface area contributed by atoms with E-state index in [9.17, 15) is 8.42 Å². The van der Waals surface area contributed by atoms with E-state index in [-0.39, 0.29) is 10.8 Å². The standard InChI is InChI=1S/C13H16ClNO3S/c1-8(2)11-6-13(19(14,16)17)9(3)5-12(11)18-10(4)7-15/h5-6,8,10H,1-4H3. The lowest BCUT2D eigenvalue weighted by molar-refractivity contribution is 0.272. The number of nitrogens with zero attached hydrogens (tertiary/aromatic N) is 1. The Hall–Kier alpha value is -1.25. The maximum absolute atomic E-state index is 11.5. The molecule has 1 atom stereocenters. The predicted octanol–water partition coefficient (Wildman–Crippen LogP) is 3.34. The molecule has 0 aromatic heterocycles. The van der Waals surface area contributed by atoms with E-state index in [0.717, 1.165) is 0 Å². The zero-order valence-electron chi connectivity index (χ0n) is 11.3. The molecule has 19 heavy (non-hydrogen) atoms. The van der Waals surface area contributed by atoms with Gasteiger partial charge >= 0.3 is 0 Å². The van der Waals surface area contributed by atoms with Gasteiger partial charge in [0.15, 0.2) is 6.10 Å². The quantitative estimate of drug-likeness (QED) is 0.800. The number of hydrogen-bond acceptors (Lipinski definition) is 4. The number of hydrogen-bond donors (Lipinski definition) is 0. The first-order chi connectivity index (χ1) is 8.66. The Labute approximate surface area is 118 Å². The van der Waals surface area contributed by atoms with E-state index >= 15 is 0 Å². The number of rotatable bonds is 4. The molecule has 0 aliphatic heterocycles. The zero-order valence-corrected chi connectivity index (χ0v) is 12.8. The first kappa shape index (κ1) is 15.8. The minimum atomic E-state index is -3.79. The molecule has 0 fully saturated rings. The van der Waals surface area contributed by atoms with E-state index in [0.29, 0.717) is 16.9 Å². The molecule has 1 aromatic carbocycles. The Bertz CT molecular complexity index is 618. The van der Waals surface area contributed by atoms with Gasteiger partial charge in [0.25, 0.3) is 9.05 Å². The lowest BCUT2D eigenvalue weighted by Gasteiger charge is -2.17. The number of aryl methyl sites for hydroxylation is 1. The molecule has 1 aromatic rings. The Morgan fingerprint density at radius 2 is 1.89 bits per heavy atom. The van der Waals surface area contributed by atoms with Crippen molar-refractivity contribution in [3.8, 4) is 11.8 Å². The van der Waals surface area contributed by atoms with Crippen molar-refractivity contribution >= 4 is 19.7 Å². The predicted molar refractivity (Wildman–Crippen MR) is 74.0 cm³/mol.